The first-order chi connectivity index (χ1) is 20.9. The van der Waals surface area contributed by atoms with Crippen LogP contribution in [0.3, 0.4) is 0 Å². The highest BCUT2D eigenvalue weighted by Crippen LogP contribution is 2.68. The van der Waals surface area contributed by atoms with Gasteiger partial charge in [0.2, 0.25) is 11.8 Å². The SMILES string of the molecule is O=C(COc1ccc([C@H]2c3sc(=O)[nH]c3SC3C2[C@H]2C[C@@H]3C3C(=O)N(c4ccc(F)cc4)C(=O)C32)cc1)N1CCOCC1. The van der Waals surface area contributed by atoms with E-state index in [0.29, 0.717) is 37.7 Å². The second-order valence-corrected chi connectivity index (χ2v) is 14.0. The van der Waals surface area contributed by atoms with Crippen LogP contribution in [0.4, 0.5) is 10.1 Å². The number of amides is 3. The number of ether oxygens (including phenoxy) is 2. The summed E-state index contributed by atoms with van der Waals surface area (Å²) in [5.41, 5.74) is 1.42. The molecule has 0 spiro atoms. The molecule has 0 radical (unpaired) electrons. The Hall–Kier alpha value is -3.48. The van der Waals surface area contributed by atoms with Crippen molar-refractivity contribution < 1.29 is 28.2 Å². The number of carbonyl (C=O) groups is 3. The molecule has 3 aliphatic heterocycles. The average molecular weight is 622 g/mol. The molecular formula is C31H28FN3O6S2. The van der Waals surface area contributed by atoms with Crippen molar-refractivity contribution in [2.45, 2.75) is 22.6 Å². The predicted molar refractivity (Wildman–Crippen MR) is 157 cm³/mol. The number of thioether (sulfide) groups is 1. The summed E-state index contributed by atoms with van der Waals surface area (Å²) in [6.07, 6.45) is 0.785. The molecule has 4 unspecified atom stereocenters. The third kappa shape index (κ3) is 4.28. The number of rotatable bonds is 5. The molecule has 4 heterocycles. The Kier molecular flexibility index (Phi) is 6.50. The summed E-state index contributed by atoms with van der Waals surface area (Å²) in [4.78, 5) is 59.4. The molecule has 2 saturated carbocycles. The zero-order chi connectivity index (χ0) is 29.4. The Morgan fingerprint density at radius 2 is 1.67 bits per heavy atom. The smallest absolute Gasteiger partial charge is 0.305 e. The highest BCUT2D eigenvalue weighted by atomic mass is 32.2. The van der Waals surface area contributed by atoms with Crippen molar-refractivity contribution in [1.29, 1.82) is 0 Å². The molecule has 7 atom stereocenters. The largest absolute Gasteiger partial charge is 0.484 e. The fourth-order valence-corrected chi connectivity index (χ4v) is 10.9. The molecule has 2 bridgehead atoms. The van der Waals surface area contributed by atoms with Gasteiger partial charge in [0.05, 0.1) is 35.8 Å². The summed E-state index contributed by atoms with van der Waals surface area (Å²) >= 11 is 2.84. The first-order valence-electron chi connectivity index (χ1n) is 14.5. The van der Waals surface area contributed by atoms with E-state index in [2.05, 4.69) is 4.98 Å². The predicted octanol–water partition coefficient (Wildman–Crippen LogP) is 3.49. The first-order valence-corrected chi connectivity index (χ1v) is 16.2. The Morgan fingerprint density at radius 1 is 0.977 bits per heavy atom. The number of nitrogens with zero attached hydrogens (tertiary/aromatic N) is 2. The highest BCUT2D eigenvalue weighted by molar-refractivity contribution is 8.00. The molecular weight excluding hydrogens is 593 g/mol. The number of thiazole rings is 1. The van der Waals surface area contributed by atoms with Crippen molar-refractivity contribution in [1.82, 2.24) is 9.88 Å². The second kappa shape index (κ2) is 10.3. The highest BCUT2D eigenvalue weighted by Gasteiger charge is 2.69. The van der Waals surface area contributed by atoms with Gasteiger partial charge in [-0.3, -0.25) is 24.1 Å². The number of imide groups is 1. The summed E-state index contributed by atoms with van der Waals surface area (Å²) in [7, 11) is 0. The fourth-order valence-electron chi connectivity index (χ4n) is 8.06. The summed E-state index contributed by atoms with van der Waals surface area (Å²) in [6.45, 7) is 2.13. The lowest BCUT2D eigenvalue weighted by Crippen LogP contribution is -2.43. The number of benzene rings is 2. The second-order valence-electron chi connectivity index (χ2n) is 11.8. The van der Waals surface area contributed by atoms with Gasteiger partial charge in [-0.2, -0.15) is 0 Å². The maximum Gasteiger partial charge on any atom is 0.305 e. The minimum absolute atomic E-state index is 0.000225. The van der Waals surface area contributed by atoms with Crippen molar-refractivity contribution in [3.8, 4) is 5.75 Å². The lowest BCUT2D eigenvalue weighted by molar-refractivity contribution is -0.137. The Balaban J connectivity index is 1.08. The molecule has 2 aromatic carbocycles. The number of fused-ring (bicyclic) bond motifs is 9. The maximum atomic E-state index is 13.8. The van der Waals surface area contributed by atoms with Crippen LogP contribution in [0.15, 0.2) is 58.4 Å². The lowest BCUT2D eigenvalue weighted by atomic mass is 9.68. The standard InChI is InChI=1S/C31H28FN3O6S2/c32-16-3-5-17(6-4-16)35-29(37)24-19-13-20(25(24)30(35)38)26-23(19)22(27-28(42-26)33-31(39)43-27)15-1-7-18(8-2-15)41-14-21(36)34-9-11-40-12-10-34/h1-8,19-20,22-26H,9-14H2,(H,33,39)/t19-,20-,22-,23?,24?,25?,26?/m1/s1. The van der Waals surface area contributed by atoms with Crippen LogP contribution in [0, 0.1) is 35.4 Å². The van der Waals surface area contributed by atoms with Crippen LogP contribution in [-0.4, -0.2) is 65.8 Å². The van der Waals surface area contributed by atoms with Gasteiger partial charge < -0.3 is 19.4 Å². The normalized spacial score (nSPS) is 30.8. The van der Waals surface area contributed by atoms with Gasteiger partial charge in [0.25, 0.3) is 5.91 Å². The third-order valence-electron chi connectivity index (χ3n) is 9.77. The van der Waals surface area contributed by atoms with Gasteiger partial charge >= 0.3 is 4.87 Å². The van der Waals surface area contributed by atoms with Crippen LogP contribution in [-0.2, 0) is 19.1 Å². The van der Waals surface area contributed by atoms with Crippen molar-refractivity contribution in [2.75, 3.05) is 37.8 Å². The summed E-state index contributed by atoms with van der Waals surface area (Å²) in [6, 6.07) is 13.2. The summed E-state index contributed by atoms with van der Waals surface area (Å²) in [5, 5.41) is 0.912. The monoisotopic (exact) mass is 621 g/mol. The number of nitrogens with one attached hydrogen (secondary N) is 1. The van der Waals surface area contributed by atoms with E-state index < -0.39 is 17.7 Å². The van der Waals surface area contributed by atoms with Gasteiger partial charge in [0, 0.05) is 29.1 Å². The van der Waals surface area contributed by atoms with Gasteiger partial charge in [0.15, 0.2) is 6.61 Å². The van der Waals surface area contributed by atoms with Crippen LogP contribution in [0.2, 0.25) is 0 Å². The van der Waals surface area contributed by atoms with Crippen LogP contribution < -0.4 is 14.5 Å². The molecule has 5 aliphatic rings. The molecule has 2 saturated heterocycles. The van der Waals surface area contributed by atoms with Gasteiger partial charge in [-0.1, -0.05) is 23.5 Å². The number of anilines is 1. The molecule has 8 rings (SSSR count). The van der Waals surface area contributed by atoms with Gasteiger partial charge in [0.1, 0.15) is 11.6 Å². The van der Waals surface area contributed by atoms with Crippen molar-refractivity contribution in [3.05, 3.63) is 74.5 Å². The zero-order valence-electron chi connectivity index (χ0n) is 22.9. The number of carbonyl (C=O) groups excluding carboxylic acids is 3. The molecule has 9 nitrogen and oxygen atoms in total. The molecule has 43 heavy (non-hydrogen) atoms. The summed E-state index contributed by atoms with van der Waals surface area (Å²) in [5.74, 6) is -1.26. The number of hydrogen-bond donors (Lipinski definition) is 1. The van der Waals surface area contributed by atoms with Crippen molar-refractivity contribution >= 4 is 46.5 Å². The van der Waals surface area contributed by atoms with Crippen molar-refractivity contribution in [2.24, 2.45) is 29.6 Å². The molecule has 222 valence electrons. The Labute approximate surface area is 254 Å². The number of aromatic nitrogens is 1. The number of aromatic amines is 1. The molecule has 3 aromatic rings. The van der Waals surface area contributed by atoms with Crippen LogP contribution >= 0.6 is 23.1 Å². The Morgan fingerprint density at radius 3 is 2.40 bits per heavy atom. The van der Waals surface area contributed by atoms with Gasteiger partial charge in [-0.05, 0) is 66.1 Å². The molecule has 1 aromatic heterocycles. The minimum atomic E-state index is -0.432. The Bertz CT molecular complexity index is 1670. The number of morpholine rings is 1. The van der Waals surface area contributed by atoms with Crippen LogP contribution in [0.1, 0.15) is 22.8 Å². The van der Waals surface area contributed by atoms with Gasteiger partial charge in [-0.25, -0.2) is 4.39 Å². The molecule has 1 N–H and O–H groups in total. The van der Waals surface area contributed by atoms with E-state index in [-0.39, 0.29) is 58.1 Å². The topological polar surface area (TPSA) is 109 Å². The lowest BCUT2D eigenvalue weighted by Gasteiger charge is -2.43. The van der Waals surface area contributed by atoms with Crippen LogP contribution in [0.5, 0.6) is 5.75 Å². The molecule has 4 fully saturated rings. The van der Waals surface area contributed by atoms with E-state index in [1.165, 1.54) is 40.5 Å². The van der Waals surface area contributed by atoms with E-state index >= 15 is 0 Å². The molecule has 12 heteroatoms. The molecule has 2 aliphatic carbocycles. The minimum Gasteiger partial charge on any atom is -0.484 e. The summed E-state index contributed by atoms with van der Waals surface area (Å²) < 4.78 is 24.7. The van der Waals surface area contributed by atoms with E-state index in [4.69, 9.17) is 9.47 Å². The first kappa shape index (κ1) is 27.1. The zero-order valence-corrected chi connectivity index (χ0v) is 24.6. The van der Waals surface area contributed by atoms with E-state index in [0.717, 1.165) is 21.9 Å². The van der Waals surface area contributed by atoms with Crippen molar-refractivity contribution in [3.63, 3.8) is 0 Å². The van der Waals surface area contributed by atoms with E-state index in [1.54, 1.807) is 16.7 Å². The van der Waals surface area contributed by atoms with E-state index in [1.807, 2.05) is 24.3 Å². The van der Waals surface area contributed by atoms with Crippen LogP contribution in [0.25, 0.3) is 0 Å². The third-order valence-corrected chi connectivity index (χ3v) is 12.4. The number of halogens is 1. The fraction of sp³-hybridized carbons (Fsp3) is 0.419. The maximum absolute atomic E-state index is 13.8. The number of H-pyrrole nitrogens is 1. The average Bonchev–Trinajstić information content (AvgIpc) is 3.76. The molecule has 3 amide bonds. The van der Waals surface area contributed by atoms with Gasteiger partial charge in [-0.15, -0.1) is 11.8 Å². The number of hydrogen-bond acceptors (Lipinski definition) is 8. The van der Waals surface area contributed by atoms with E-state index in [9.17, 15) is 23.6 Å². The quantitative estimate of drug-likeness (QED) is 0.435.